The number of hydrogen-bond donors (Lipinski definition) is 1. The van der Waals surface area contributed by atoms with Crippen molar-refractivity contribution in [3.8, 4) is 0 Å². The molecule has 1 unspecified atom stereocenters. The first kappa shape index (κ1) is 16.0. The Balaban J connectivity index is 1.84. The minimum atomic E-state index is -0.524. The van der Waals surface area contributed by atoms with E-state index in [1.807, 2.05) is 43.8 Å². The first-order chi connectivity index (χ1) is 11.0. The maximum absolute atomic E-state index is 12.7. The molecule has 1 aromatic carbocycles. The van der Waals surface area contributed by atoms with E-state index in [0.29, 0.717) is 6.61 Å². The molecule has 1 aliphatic heterocycles. The van der Waals surface area contributed by atoms with E-state index >= 15 is 0 Å². The Morgan fingerprint density at radius 1 is 1.35 bits per heavy atom. The van der Waals surface area contributed by atoms with E-state index in [1.165, 1.54) is 0 Å². The topological polar surface area (TPSA) is 56.2 Å². The van der Waals surface area contributed by atoms with E-state index in [9.17, 15) is 4.79 Å². The van der Waals surface area contributed by atoms with Crippen molar-refractivity contribution in [1.29, 1.82) is 0 Å². The fourth-order valence-corrected chi connectivity index (χ4v) is 3.26. The summed E-state index contributed by atoms with van der Waals surface area (Å²) >= 11 is 0. The molecule has 1 atom stereocenters. The number of carbonyl (C=O) groups is 1. The van der Waals surface area contributed by atoms with E-state index < -0.39 is 5.54 Å². The van der Waals surface area contributed by atoms with Gasteiger partial charge in [0.2, 0.25) is 5.91 Å². The summed E-state index contributed by atoms with van der Waals surface area (Å²) in [6, 6.07) is 8.11. The summed E-state index contributed by atoms with van der Waals surface area (Å²) in [5, 5.41) is 8.91. The van der Waals surface area contributed by atoms with Crippen LogP contribution in [0, 0.1) is 5.92 Å². The lowest BCUT2D eigenvalue weighted by Gasteiger charge is -2.27. The lowest BCUT2D eigenvalue weighted by Crippen LogP contribution is -2.45. The number of carbonyl (C=O) groups excluding carboxylic acids is 1. The molecule has 23 heavy (non-hydrogen) atoms. The lowest BCUT2D eigenvalue weighted by molar-refractivity contribution is -0.128. The van der Waals surface area contributed by atoms with Crippen LogP contribution in [-0.4, -0.2) is 28.9 Å². The minimum absolute atomic E-state index is 0.0617. The first-order valence-electron chi connectivity index (χ1n) is 8.31. The number of fused-ring (bicyclic) bond motifs is 1. The average molecular weight is 315 g/mol. The van der Waals surface area contributed by atoms with Crippen molar-refractivity contribution in [1.82, 2.24) is 15.1 Å². The summed E-state index contributed by atoms with van der Waals surface area (Å²) in [5.41, 5.74) is 1.45. The van der Waals surface area contributed by atoms with Crippen LogP contribution < -0.4 is 5.32 Å². The number of aromatic nitrogens is 2. The Morgan fingerprint density at radius 3 is 2.96 bits per heavy atom. The zero-order chi connectivity index (χ0) is 16.4. The molecule has 3 rings (SSSR count). The highest BCUT2D eigenvalue weighted by Crippen LogP contribution is 2.28. The van der Waals surface area contributed by atoms with Crippen LogP contribution in [0.25, 0.3) is 10.9 Å². The van der Waals surface area contributed by atoms with Crippen molar-refractivity contribution >= 4 is 16.8 Å². The summed E-state index contributed by atoms with van der Waals surface area (Å²) in [5.74, 6) is -0.00149. The fourth-order valence-electron chi connectivity index (χ4n) is 3.26. The van der Waals surface area contributed by atoms with Crippen LogP contribution in [0.1, 0.15) is 38.8 Å². The van der Waals surface area contributed by atoms with Gasteiger partial charge >= 0.3 is 0 Å². The Morgan fingerprint density at radius 2 is 2.13 bits per heavy atom. The van der Waals surface area contributed by atoms with Crippen molar-refractivity contribution < 1.29 is 9.53 Å². The molecule has 1 N–H and O–H groups in total. The molecule has 1 amide bonds. The molecule has 2 heterocycles. The second-order valence-corrected chi connectivity index (χ2v) is 6.87. The van der Waals surface area contributed by atoms with Gasteiger partial charge in [-0.15, -0.1) is 0 Å². The number of para-hydroxylation sites is 1. The largest absolute Gasteiger partial charge is 0.381 e. The Kier molecular flexibility index (Phi) is 4.39. The molecule has 124 valence electrons. The number of amides is 1. The highest BCUT2D eigenvalue weighted by molar-refractivity contribution is 5.85. The Bertz CT molecular complexity index is 697. The van der Waals surface area contributed by atoms with Crippen LogP contribution in [0.2, 0.25) is 0 Å². The zero-order valence-electron chi connectivity index (χ0n) is 14.1. The average Bonchev–Trinajstić information content (AvgIpc) is 2.72. The fraction of sp³-hybridized carbons (Fsp3) is 0.556. The molecule has 1 aliphatic rings. The summed E-state index contributed by atoms with van der Waals surface area (Å²) in [6.07, 6.45) is 2.98. The quantitative estimate of drug-likeness (QED) is 0.947. The molecule has 0 radical (unpaired) electrons. The van der Waals surface area contributed by atoms with Gasteiger partial charge in [0.25, 0.3) is 0 Å². The zero-order valence-corrected chi connectivity index (χ0v) is 14.1. The van der Waals surface area contributed by atoms with E-state index in [1.54, 1.807) is 0 Å². The maximum Gasteiger partial charge on any atom is 0.226 e. The molecule has 1 fully saturated rings. The number of rotatable bonds is 3. The van der Waals surface area contributed by atoms with E-state index in [-0.39, 0.29) is 11.8 Å². The van der Waals surface area contributed by atoms with Gasteiger partial charge in [0, 0.05) is 19.0 Å². The third-order valence-electron chi connectivity index (χ3n) is 4.57. The van der Waals surface area contributed by atoms with Crippen LogP contribution >= 0.6 is 0 Å². The van der Waals surface area contributed by atoms with Crippen molar-refractivity contribution in [2.24, 2.45) is 13.0 Å². The first-order valence-corrected chi connectivity index (χ1v) is 8.31. The number of nitrogens with zero attached hydrogens (tertiary/aromatic N) is 2. The van der Waals surface area contributed by atoms with Crippen LogP contribution in [0.4, 0.5) is 0 Å². The van der Waals surface area contributed by atoms with E-state index in [2.05, 4.69) is 16.5 Å². The summed E-state index contributed by atoms with van der Waals surface area (Å²) in [7, 11) is 1.93. The van der Waals surface area contributed by atoms with Crippen LogP contribution in [0.15, 0.2) is 24.3 Å². The van der Waals surface area contributed by atoms with Crippen molar-refractivity contribution in [3.05, 3.63) is 30.0 Å². The molecule has 5 nitrogen and oxygen atoms in total. The van der Waals surface area contributed by atoms with Gasteiger partial charge in [0.1, 0.15) is 0 Å². The predicted molar refractivity (Wildman–Crippen MR) is 90.0 cm³/mol. The molecule has 0 bridgehead atoms. The number of benzene rings is 1. The van der Waals surface area contributed by atoms with Gasteiger partial charge in [-0.25, -0.2) is 0 Å². The summed E-state index contributed by atoms with van der Waals surface area (Å²) < 4.78 is 7.41. The van der Waals surface area contributed by atoms with Crippen LogP contribution in [-0.2, 0) is 22.1 Å². The van der Waals surface area contributed by atoms with Gasteiger partial charge in [-0.05, 0) is 32.8 Å². The van der Waals surface area contributed by atoms with Gasteiger partial charge in [0.15, 0.2) is 0 Å². The highest BCUT2D eigenvalue weighted by Gasteiger charge is 2.31. The van der Waals surface area contributed by atoms with E-state index in [4.69, 9.17) is 4.74 Å². The van der Waals surface area contributed by atoms with Gasteiger partial charge in [-0.3, -0.25) is 9.48 Å². The Hall–Kier alpha value is -1.88. The third-order valence-corrected chi connectivity index (χ3v) is 4.57. The third kappa shape index (κ3) is 3.24. The lowest BCUT2D eigenvalue weighted by atomic mass is 9.95. The van der Waals surface area contributed by atoms with Gasteiger partial charge in [-0.2, -0.15) is 5.10 Å². The molecular formula is C18H25N3O2. The number of hydrogen-bond acceptors (Lipinski definition) is 3. The normalized spacial score (nSPS) is 19.5. The second-order valence-electron chi connectivity index (χ2n) is 6.87. The number of nitrogens with one attached hydrogen (secondary N) is 1. The van der Waals surface area contributed by atoms with E-state index in [0.717, 1.165) is 42.5 Å². The van der Waals surface area contributed by atoms with Gasteiger partial charge < -0.3 is 10.1 Å². The number of aryl methyl sites for hydroxylation is 1. The van der Waals surface area contributed by atoms with Gasteiger partial charge in [-0.1, -0.05) is 24.6 Å². The van der Waals surface area contributed by atoms with Crippen molar-refractivity contribution in [2.75, 3.05) is 13.2 Å². The molecular weight excluding hydrogens is 290 g/mol. The van der Waals surface area contributed by atoms with Crippen LogP contribution in [0.3, 0.4) is 0 Å². The standard InChI is InChI=1S/C18H25N3O2/c1-18(2,19-17(22)13-8-6-7-11-23-12-13)16-14-9-4-5-10-15(14)21(3)20-16/h4-5,9-10,13H,6-8,11-12H2,1-3H3,(H,19,22). The maximum atomic E-state index is 12.7. The van der Waals surface area contributed by atoms with Crippen molar-refractivity contribution in [2.45, 2.75) is 38.6 Å². The summed E-state index contributed by atoms with van der Waals surface area (Å²) in [4.78, 5) is 12.7. The highest BCUT2D eigenvalue weighted by atomic mass is 16.5. The van der Waals surface area contributed by atoms with Gasteiger partial charge in [0.05, 0.1) is 29.3 Å². The minimum Gasteiger partial charge on any atom is -0.381 e. The second kappa shape index (κ2) is 6.32. The van der Waals surface area contributed by atoms with Crippen LogP contribution in [0.5, 0.6) is 0 Å². The monoisotopic (exact) mass is 315 g/mol. The molecule has 0 saturated carbocycles. The smallest absolute Gasteiger partial charge is 0.226 e. The molecule has 1 aromatic heterocycles. The molecule has 1 saturated heterocycles. The predicted octanol–water partition coefficient (Wildman–Crippen LogP) is 2.74. The summed E-state index contributed by atoms with van der Waals surface area (Å²) in [6.45, 7) is 5.30. The number of ether oxygens (including phenoxy) is 1. The van der Waals surface area contributed by atoms with Crippen molar-refractivity contribution in [3.63, 3.8) is 0 Å². The molecule has 0 aliphatic carbocycles. The Labute approximate surface area is 137 Å². The molecule has 5 heteroatoms. The molecule has 0 spiro atoms. The SMILES string of the molecule is Cn1nc(C(C)(C)NC(=O)C2CCCCOC2)c2ccccc21. The molecule has 2 aromatic rings.